The Balaban J connectivity index is 0.000000239. The molecule has 2 aromatic rings. The van der Waals surface area contributed by atoms with Crippen molar-refractivity contribution in [2.45, 2.75) is 110 Å². The number of esters is 4. The summed E-state index contributed by atoms with van der Waals surface area (Å²) < 4.78 is 58.3. The molecule has 3 N–H and O–H groups in total. The SMILES string of the molecule is CC(=O)OC[C@H]1O[C@@H](C)[C@H](C)[C@@H]1OC(C)=O.COc1ccc(OC2O[C@H](COC(C)=O)[C@@H](OC(C)=O)[C@H]2C)cc1.COc1ccc(O[C@@H]2O[C@H](CO)[C@@H](O)[C@H]2O)cc1. The summed E-state index contributed by atoms with van der Waals surface area (Å²) in [4.78, 5) is 44.0. The zero-order valence-corrected chi connectivity index (χ0v) is 34.1. The molecule has 58 heavy (non-hydrogen) atoms. The van der Waals surface area contributed by atoms with Crippen molar-refractivity contribution in [2.24, 2.45) is 11.8 Å². The van der Waals surface area contributed by atoms with Crippen molar-refractivity contribution in [3.63, 3.8) is 0 Å². The van der Waals surface area contributed by atoms with Crippen LogP contribution >= 0.6 is 0 Å². The molecule has 2 aromatic carbocycles. The van der Waals surface area contributed by atoms with Crippen molar-refractivity contribution in [3.05, 3.63) is 48.5 Å². The highest BCUT2D eigenvalue weighted by Gasteiger charge is 2.47. The molecular weight excluding hydrogens is 768 g/mol. The highest BCUT2D eigenvalue weighted by molar-refractivity contribution is 5.67. The van der Waals surface area contributed by atoms with Crippen LogP contribution in [0.2, 0.25) is 0 Å². The third-order valence-corrected chi connectivity index (χ3v) is 9.27. The molecule has 0 amide bonds. The van der Waals surface area contributed by atoms with Gasteiger partial charge in [-0.3, -0.25) is 19.2 Å². The van der Waals surface area contributed by atoms with Gasteiger partial charge in [0, 0.05) is 33.6 Å². The summed E-state index contributed by atoms with van der Waals surface area (Å²) in [6, 6.07) is 13.8. The zero-order chi connectivity index (χ0) is 43.1. The molecule has 3 fully saturated rings. The smallest absolute Gasteiger partial charge is 0.303 e. The van der Waals surface area contributed by atoms with E-state index in [2.05, 4.69) is 0 Å². The molecule has 3 saturated heterocycles. The summed E-state index contributed by atoms with van der Waals surface area (Å²) >= 11 is 0. The quantitative estimate of drug-likeness (QED) is 0.194. The van der Waals surface area contributed by atoms with Crippen LogP contribution in [0.5, 0.6) is 23.0 Å². The maximum atomic E-state index is 11.3. The summed E-state index contributed by atoms with van der Waals surface area (Å²) in [6.45, 7) is 10.8. The molecule has 324 valence electrons. The Bertz CT molecular complexity index is 1590. The third kappa shape index (κ3) is 14.3. The molecule has 18 heteroatoms. The number of carbonyl (C=O) groups excluding carboxylic acids is 4. The van der Waals surface area contributed by atoms with Crippen LogP contribution in [-0.2, 0) is 52.3 Å². The number of carbonyl (C=O) groups is 4. The highest BCUT2D eigenvalue weighted by Crippen LogP contribution is 2.33. The Morgan fingerprint density at radius 1 is 0.552 bits per heavy atom. The summed E-state index contributed by atoms with van der Waals surface area (Å²) in [6.07, 6.45) is -6.63. The van der Waals surface area contributed by atoms with Crippen LogP contribution in [0, 0.1) is 11.8 Å². The van der Waals surface area contributed by atoms with Crippen molar-refractivity contribution in [1.82, 2.24) is 0 Å². The predicted molar refractivity (Wildman–Crippen MR) is 201 cm³/mol. The van der Waals surface area contributed by atoms with E-state index in [1.165, 1.54) is 27.7 Å². The molecule has 0 bridgehead atoms. The number of aliphatic hydroxyl groups excluding tert-OH is 3. The van der Waals surface area contributed by atoms with Crippen LogP contribution in [0.4, 0.5) is 0 Å². The molecule has 3 aliphatic heterocycles. The van der Waals surface area contributed by atoms with E-state index in [0.29, 0.717) is 23.0 Å². The van der Waals surface area contributed by atoms with Gasteiger partial charge in [0.2, 0.25) is 12.6 Å². The molecule has 18 nitrogen and oxygen atoms in total. The fraction of sp³-hybridized carbons (Fsp3) is 0.600. The van der Waals surface area contributed by atoms with Crippen molar-refractivity contribution in [3.8, 4) is 23.0 Å². The normalized spacial score (nSPS) is 29.7. The monoisotopic (exact) mass is 824 g/mol. The van der Waals surface area contributed by atoms with Crippen molar-refractivity contribution in [2.75, 3.05) is 34.0 Å². The van der Waals surface area contributed by atoms with E-state index in [4.69, 9.17) is 57.2 Å². The lowest BCUT2D eigenvalue weighted by atomic mass is 9.99. The standard InChI is InChI=1S/C17H22O7.C12H16O6.C11H18O5/c1-10-16(22-12(3)19)15(9-21-11(2)18)24-17(10)23-14-7-5-13(20-4)6-8-14;1-16-7-2-4-8(5-3-7)17-12-11(15)10(14)9(6-13)18-12;1-6-7(2)15-10(5-14-8(3)12)11(6)16-9(4)13/h5-8,10,15-17H,9H2,1-4H3;2-5,9-15H,6H2,1H3;6-7,10-11H,5H2,1-4H3/t10-,15-,16+,17?;9-,10-,11-,12-;6-,7-,10+,11-/m110/s1. The van der Waals surface area contributed by atoms with Gasteiger partial charge in [0.1, 0.15) is 78.9 Å². The Morgan fingerprint density at radius 2 is 0.948 bits per heavy atom. The summed E-state index contributed by atoms with van der Waals surface area (Å²) in [7, 11) is 3.14. The maximum Gasteiger partial charge on any atom is 0.303 e. The first-order valence-electron chi connectivity index (χ1n) is 18.6. The summed E-state index contributed by atoms with van der Waals surface area (Å²) in [5, 5.41) is 28.2. The minimum atomic E-state index is -1.19. The first-order chi connectivity index (χ1) is 27.5. The molecule has 0 spiro atoms. The van der Waals surface area contributed by atoms with E-state index in [0.717, 1.165) is 0 Å². The molecule has 3 heterocycles. The van der Waals surface area contributed by atoms with Crippen LogP contribution in [0.1, 0.15) is 48.5 Å². The lowest BCUT2D eigenvalue weighted by Gasteiger charge is -2.20. The largest absolute Gasteiger partial charge is 0.497 e. The molecule has 0 aliphatic carbocycles. The van der Waals surface area contributed by atoms with E-state index in [9.17, 15) is 29.4 Å². The topological polar surface area (TPSA) is 230 Å². The summed E-state index contributed by atoms with van der Waals surface area (Å²) in [5.74, 6) is 0.797. The van der Waals surface area contributed by atoms with Gasteiger partial charge in [0.15, 0.2) is 0 Å². The first-order valence-corrected chi connectivity index (χ1v) is 18.6. The second kappa shape index (κ2) is 23.0. The van der Waals surface area contributed by atoms with Crippen molar-refractivity contribution >= 4 is 23.9 Å². The molecule has 0 saturated carbocycles. The molecule has 3 aliphatic rings. The van der Waals surface area contributed by atoms with Gasteiger partial charge in [-0.05, 0) is 55.5 Å². The molecule has 1 unspecified atom stereocenters. The van der Waals surface area contributed by atoms with Gasteiger partial charge in [-0.15, -0.1) is 0 Å². The Morgan fingerprint density at radius 3 is 1.34 bits per heavy atom. The first kappa shape index (κ1) is 47.7. The van der Waals surface area contributed by atoms with Gasteiger partial charge < -0.3 is 67.4 Å². The minimum absolute atomic E-state index is 0.0000918. The van der Waals surface area contributed by atoms with Crippen LogP contribution in [0.25, 0.3) is 0 Å². The number of hydrogen-bond acceptors (Lipinski definition) is 18. The van der Waals surface area contributed by atoms with Crippen LogP contribution in [0.15, 0.2) is 48.5 Å². The number of aliphatic hydroxyl groups is 3. The second-order valence-electron chi connectivity index (χ2n) is 13.7. The lowest BCUT2D eigenvalue weighted by molar-refractivity contribution is -0.158. The molecule has 5 rings (SSSR count). The third-order valence-electron chi connectivity index (χ3n) is 9.27. The van der Waals surface area contributed by atoms with Crippen molar-refractivity contribution < 1.29 is 86.6 Å². The number of methoxy groups -OCH3 is 2. The van der Waals surface area contributed by atoms with Gasteiger partial charge in [0.25, 0.3) is 0 Å². The van der Waals surface area contributed by atoms with Crippen LogP contribution < -0.4 is 18.9 Å². The summed E-state index contributed by atoms with van der Waals surface area (Å²) in [5.41, 5.74) is 0. The number of benzene rings is 2. The number of ether oxygens (including phenoxy) is 11. The van der Waals surface area contributed by atoms with Gasteiger partial charge >= 0.3 is 23.9 Å². The Hall–Kier alpha value is -4.72. The van der Waals surface area contributed by atoms with E-state index in [1.54, 1.807) is 62.8 Å². The Kier molecular flexibility index (Phi) is 18.9. The minimum Gasteiger partial charge on any atom is -0.497 e. The maximum absolute atomic E-state index is 11.3. The van der Waals surface area contributed by atoms with Crippen molar-refractivity contribution in [1.29, 1.82) is 0 Å². The van der Waals surface area contributed by atoms with Gasteiger partial charge in [0.05, 0.1) is 32.8 Å². The highest BCUT2D eigenvalue weighted by atomic mass is 16.7. The average Bonchev–Trinajstić information content (AvgIpc) is 3.74. The molecule has 0 radical (unpaired) electrons. The van der Waals surface area contributed by atoms with E-state index < -0.39 is 55.0 Å². The van der Waals surface area contributed by atoms with Crippen LogP contribution in [-0.4, -0.2) is 135 Å². The van der Waals surface area contributed by atoms with E-state index in [1.807, 2.05) is 20.8 Å². The Labute approximate surface area is 337 Å². The molecule has 12 atom stereocenters. The average molecular weight is 825 g/mol. The van der Waals surface area contributed by atoms with E-state index in [-0.39, 0.29) is 61.9 Å². The van der Waals surface area contributed by atoms with Crippen LogP contribution in [0.3, 0.4) is 0 Å². The number of rotatable bonds is 13. The molecule has 0 aromatic heterocycles. The predicted octanol–water partition coefficient (Wildman–Crippen LogP) is 2.35. The lowest BCUT2D eigenvalue weighted by Crippen LogP contribution is -2.35. The second-order valence-corrected chi connectivity index (χ2v) is 13.7. The fourth-order valence-corrected chi connectivity index (χ4v) is 6.04. The van der Waals surface area contributed by atoms with Gasteiger partial charge in [-0.25, -0.2) is 0 Å². The fourth-order valence-electron chi connectivity index (χ4n) is 6.04. The van der Waals surface area contributed by atoms with Gasteiger partial charge in [-0.1, -0.05) is 13.8 Å². The van der Waals surface area contributed by atoms with E-state index >= 15 is 0 Å². The zero-order valence-electron chi connectivity index (χ0n) is 34.1. The number of hydrogen-bond donors (Lipinski definition) is 3. The van der Waals surface area contributed by atoms with Gasteiger partial charge in [-0.2, -0.15) is 0 Å². The molecular formula is C40H56O18.